The molecule has 0 saturated heterocycles. The Bertz CT molecular complexity index is 1260. The molecule has 1 heterocycles. The summed E-state index contributed by atoms with van der Waals surface area (Å²) in [5.74, 6) is -1.08. The van der Waals surface area contributed by atoms with Crippen LogP contribution in [0.25, 0.3) is 11.4 Å². The predicted octanol–water partition coefficient (Wildman–Crippen LogP) is 2.94. The van der Waals surface area contributed by atoms with Crippen LogP contribution in [-0.2, 0) is 26.2 Å². The first kappa shape index (κ1) is 25.1. The summed E-state index contributed by atoms with van der Waals surface area (Å²) in [6, 6.07) is 8.63. The molecule has 0 saturated carbocycles. The van der Waals surface area contributed by atoms with E-state index in [1.165, 1.54) is 26.4 Å². The smallest absolute Gasteiger partial charge is 0.324 e. The van der Waals surface area contributed by atoms with Gasteiger partial charge in [-0.3, -0.25) is 4.79 Å². The second-order valence-corrected chi connectivity index (χ2v) is 9.14. The largest absolute Gasteiger partial charge is 0.497 e. The zero-order chi connectivity index (χ0) is 24.9. The third-order valence-electron chi connectivity index (χ3n) is 4.78. The summed E-state index contributed by atoms with van der Waals surface area (Å²) < 4.78 is 62.2. The van der Waals surface area contributed by atoms with E-state index in [4.69, 9.17) is 18.7 Å². The van der Waals surface area contributed by atoms with E-state index >= 15 is 0 Å². The van der Waals surface area contributed by atoms with Gasteiger partial charge in [0.15, 0.2) is 6.61 Å². The van der Waals surface area contributed by atoms with Gasteiger partial charge in [-0.05, 0) is 30.2 Å². The van der Waals surface area contributed by atoms with Crippen LogP contribution in [0.2, 0.25) is 0 Å². The lowest BCUT2D eigenvalue weighted by atomic mass is 10.1. The maximum absolute atomic E-state index is 14.0. The van der Waals surface area contributed by atoms with Gasteiger partial charge in [-0.15, -0.1) is 0 Å². The number of methoxy groups -OCH3 is 2. The molecule has 0 aliphatic rings. The molecule has 12 heteroatoms. The van der Waals surface area contributed by atoms with Crippen molar-refractivity contribution in [3.05, 3.63) is 54.2 Å². The van der Waals surface area contributed by atoms with E-state index in [0.717, 1.165) is 12.1 Å². The number of aromatic nitrogens is 2. The minimum absolute atomic E-state index is 0.0133. The molecule has 0 aliphatic carbocycles. The lowest BCUT2D eigenvalue weighted by Gasteiger charge is -2.20. The Kier molecular flexibility index (Phi) is 7.84. The van der Waals surface area contributed by atoms with Crippen molar-refractivity contribution >= 4 is 16.0 Å². The Balaban J connectivity index is 1.71. The van der Waals surface area contributed by atoms with E-state index in [2.05, 4.69) is 14.9 Å². The lowest BCUT2D eigenvalue weighted by molar-refractivity contribution is -0.148. The standard InChI is InChI=1S/C22H24FN3O7S/c1-13(2)20(26-34(28,29)18-8-6-5-7-16(18)23)22(27)32-12-19-24-21(25-33-19)15-10-9-14(30-3)11-17(15)31-4/h5-11,13,20,26H,12H2,1-4H3. The normalized spacial score (nSPS) is 12.4. The van der Waals surface area contributed by atoms with Crippen LogP contribution >= 0.6 is 0 Å². The minimum atomic E-state index is -4.31. The van der Waals surface area contributed by atoms with E-state index in [-0.39, 0.29) is 11.7 Å². The third-order valence-corrected chi connectivity index (χ3v) is 6.26. The van der Waals surface area contributed by atoms with Gasteiger partial charge in [0.2, 0.25) is 15.8 Å². The molecule has 3 rings (SSSR count). The molecule has 10 nitrogen and oxygen atoms in total. The van der Waals surface area contributed by atoms with Gasteiger partial charge in [0, 0.05) is 6.07 Å². The van der Waals surface area contributed by atoms with Gasteiger partial charge in [-0.25, -0.2) is 12.8 Å². The summed E-state index contributed by atoms with van der Waals surface area (Å²) in [5.41, 5.74) is 0.530. The molecule has 182 valence electrons. The van der Waals surface area contributed by atoms with Crippen molar-refractivity contribution in [2.75, 3.05) is 14.2 Å². The number of hydrogen-bond donors (Lipinski definition) is 1. The van der Waals surface area contributed by atoms with Crippen molar-refractivity contribution in [2.24, 2.45) is 5.92 Å². The molecular formula is C22H24FN3O7S. The summed E-state index contributed by atoms with van der Waals surface area (Å²) in [7, 11) is -1.30. The predicted molar refractivity (Wildman–Crippen MR) is 118 cm³/mol. The highest BCUT2D eigenvalue weighted by Crippen LogP contribution is 2.31. The molecule has 0 fully saturated rings. The molecule has 0 amide bonds. The van der Waals surface area contributed by atoms with Crippen LogP contribution in [0, 0.1) is 11.7 Å². The zero-order valence-corrected chi connectivity index (χ0v) is 19.8. The van der Waals surface area contributed by atoms with Crippen molar-refractivity contribution in [1.29, 1.82) is 0 Å². The van der Waals surface area contributed by atoms with Crippen LogP contribution in [0.4, 0.5) is 4.39 Å². The minimum Gasteiger partial charge on any atom is -0.497 e. The molecule has 0 aliphatic heterocycles. The molecule has 2 aromatic carbocycles. The fourth-order valence-corrected chi connectivity index (χ4v) is 4.39. The maximum atomic E-state index is 14.0. The number of benzene rings is 2. The number of nitrogens with one attached hydrogen (secondary N) is 1. The number of sulfonamides is 1. The zero-order valence-electron chi connectivity index (χ0n) is 18.9. The molecule has 34 heavy (non-hydrogen) atoms. The van der Waals surface area contributed by atoms with Crippen LogP contribution in [0.5, 0.6) is 11.5 Å². The molecule has 3 aromatic rings. The molecule has 1 atom stereocenters. The fraction of sp³-hybridized carbons (Fsp3) is 0.318. The number of halogens is 1. The van der Waals surface area contributed by atoms with Crippen LogP contribution in [0.1, 0.15) is 19.7 Å². The van der Waals surface area contributed by atoms with Gasteiger partial charge < -0.3 is 18.7 Å². The van der Waals surface area contributed by atoms with Gasteiger partial charge in [0.25, 0.3) is 5.89 Å². The summed E-state index contributed by atoms with van der Waals surface area (Å²) in [6.07, 6.45) is 0. The quantitative estimate of drug-likeness (QED) is 0.424. The molecular weight excluding hydrogens is 469 g/mol. The number of esters is 1. The topological polar surface area (TPSA) is 130 Å². The number of ether oxygens (including phenoxy) is 3. The monoisotopic (exact) mass is 493 g/mol. The number of rotatable bonds is 10. The summed E-state index contributed by atoms with van der Waals surface area (Å²) >= 11 is 0. The Morgan fingerprint density at radius 3 is 2.53 bits per heavy atom. The number of carbonyl (C=O) groups is 1. The summed E-state index contributed by atoms with van der Waals surface area (Å²) in [5, 5.41) is 3.87. The number of nitrogens with zero attached hydrogens (tertiary/aromatic N) is 2. The van der Waals surface area contributed by atoms with E-state index in [9.17, 15) is 17.6 Å². The first-order valence-electron chi connectivity index (χ1n) is 10.1. The van der Waals surface area contributed by atoms with Crippen LogP contribution in [0.15, 0.2) is 51.9 Å². The van der Waals surface area contributed by atoms with Crippen LogP contribution < -0.4 is 14.2 Å². The van der Waals surface area contributed by atoms with Crippen molar-refractivity contribution in [3.63, 3.8) is 0 Å². The van der Waals surface area contributed by atoms with Gasteiger partial charge in [0.1, 0.15) is 28.3 Å². The highest BCUT2D eigenvalue weighted by Gasteiger charge is 2.31. The highest BCUT2D eigenvalue weighted by molar-refractivity contribution is 7.89. The van der Waals surface area contributed by atoms with Gasteiger partial charge in [-0.2, -0.15) is 9.71 Å². The molecule has 1 unspecified atom stereocenters. The average molecular weight is 494 g/mol. The number of carbonyl (C=O) groups excluding carboxylic acids is 1. The number of hydrogen-bond acceptors (Lipinski definition) is 9. The molecule has 1 N–H and O–H groups in total. The maximum Gasteiger partial charge on any atom is 0.324 e. The van der Waals surface area contributed by atoms with Crippen LogP contribution in [0.3, 0.4) is 0 Å². The van der Waals surface area contributed by atoms with Gasteiger partial charge >= 0.3 is 5.97 Å². The molecule has 1 aromatic heterocycles. The fourth-order valence-electron chi connectivity index (χ4n) is 2.98. The molecule has 0 radical (unpaired) electrons. The molecule has 0 spiro atoms. The van der Waals surface area contributed by atoms with Crippen molar-refractivity contribution < 1.29 is 36.3 Å². The van der Waals surface area contributed by atoms with E-state index in [1.807, 2.05) is 0 Å². The van der Waals surface area contributed by atoms with Gasteiger partial charge in [0.05, 0.1) is 19.8 Å². The summed E-state index contributed by atoms with van der Waals surface area (Å²) in [4.78, 5) is 16.3. The highest BCUT2D eigenvalue weighted by atomic mass is 32.2. The Morgan fingerprint density at radius 2 is 1.88 bits per heavy atom. The summed E-state index contributed by atoms with van der Waals surface area (Å²) in [6.45, 7) is 2.85. The van der Waals surface area contributed by atoms with Crippen LogP contribution in [-0.4, -0.2) is 44.8 Å². The van der Waals surface area contributed by atoms with E-state index < -0.39 is 45.3 Å². The first-order valence-corrected chi connectivity index (χ1v) is 11.6. The average Bonchev–Trinajstić information content (AvgIpc) is 3.29. The first-order chi connectivity index (χ1) is 16.2. The second kappa shape index (κ2) is 10.6. The molecule has 0 bridgehead atoms. The Labute approximate surface area is 196 Å². The van der Waals surface area contributed by atoms with Crippen molar-refractivity contribution in [3.8, 4) is 22.9 Å². The van der Waals surface area contributed by atoms with Crippen molar-refractivity contribution in [1.82, 2.24) is 14.9 Å². The Morgan fingerprint density at radius 1 is 1.15 bits per heavy atom. The SMILES string of the molecule is COc1ccc(-c2noc(COC(=O)C(NS(=O)(=O)c3ccccc3F)C(C)C)n2)c(OC)c1. The van der Waals surface area contributed by atoms with Crippen molar-refractivity contribution in [2.45, 2.75) is 31.4 Å². The third kappa shape index (κ3) is 5.69. The van der Waals surface area contributed by atoms with Gasteiger partial charge in [-0.1, -0.05) is 31.1 Å². The van der Waals surface area contributed by atoms with E-state index in [1.54, 1.807) is 32.0 Å². The lowest BCUT2D eigenvalue weighted by Crippen LogP contribution is -2.45. The second-order valence-electron chi connectivity index (χ2n) is 7.46. The van der Waals surface area contributed by atoms with E-state index in [0.29, 0.717) is 17.1 Å². The Hall–Kier alpha value is -3.51.